The summed E-state index contributed by atoms with van der Waals surface area (Å²) in [5.41, 5.74) is 2.68. The van der Waals surface area contributed by atoms with Crippen LogP contribution >= 0.6 is 0 Å². The third-order valence-corrected chi connectivity index (χ3v) is 5.30. The molecule has 166 valence electrons. The third kappa shape index (κ3) is 5.71. The molecule has 1 aliphatic rings. The lowest BCUT2D eigenvalue weighted by Gasteiger charge is -2.34. The number of aliphatic hydroxyl groups is 4. The molecule has 1 aromatic carbocycles. The Hall–Kier alpha value is -2.17. The van der Waals surface area contributed by atoms with Gasteiger partial charge in [0.25, 0.3) is 0 Å². The number of aliphatic hydroxyl groups excluding tert-OH is 4. The molecule has 3 rings (SSSR count). The number of aromatic nitrogens is 2. The number of β-amino-alcohol motifs (C(OH)–C–C–N with tert-alkyl or cyclic N) is 1. The van der Waals surface area contributed by atoms with E-state index in [4.69, 9.17) is 9.47 Å². The molecule has 0 aliphatic carbocycles. The zero-order valence-electron chi connectivity index (χ0n) is 17.1. The lowest BCUT2D eigenvalue weighted by atomic mass is 10.0. The van der Waals surface area contributed by atoms with Crippen LogP contribution in [0.2, 0.25) is 0 Å². The Kier molecular flexibility index (Phi) is 8.06. The number of aryl methyl sites for hydroxylation is 1. The molecule has 0 saturated heterocycles. The highest BCUT2D eigenvalue weighted by molar-refractivity contribution is 5.51. The molecule has 0 unspecified atom stereocenters. The lowest BCUT2D eigenvalue weighted by Crippen LogP contribution is -2.51. The molecule has 2 bridgehead atoms. The van der Waals surface area contributed by atoms with Crippen molar-refractivity contribution in [2.75, 3.05) is 31.3 Å². The van der Waals surface area contributed by atoms with Gasteiger partial charge in [-0.1, -0.05) is 6.07 Å². The number of nitrogens with zero attached hydrogens (tertiary/aromatic N) is 2. The molecule has 9 nitrogen and oxygen atoms in total. The molecule has 0 fully saturated rings. The van der Waals surface area contributed by atoms with Crippen LogP contribution in [0, 0.1) is 6.92 Å². The number of ether oxygens (including phenoxy) is 2. The van der Waals surface area contributed by atoms with Gasteiger partial charge in [-0.3, -0.25) is 5.10 Å². The smallest absolute Gasteiger partial charge is 0.121 e. The van der Waals surface area contributed by atoms with E-state index in [1.165, 1.54) is 0 Å². The highest BCUT2D eigenvalue weighted by Gasteiger charge is 2.34. The monoisotopic (exact) mass is 421 g/mol. The molecule has 2 aromatic rings. The molecular formula is C21H31N3O6. The third-order valence-electron chi connectivity index (χ3n) is 5.30. The molecule has 5 N–H and O–H groups in total. The van der Waals surface area contributed by atoms with Crippen molar-refractivity contribution < 1.29 is 29.9 Å². The standard InChI is InChI=1S/C21H31N3O6/c1-14-15(10-22-23-14)11-24-12-18(26)20(28)21(19(27)13-25)30-8-3-2-7-29-17-6-4-5-16(24)9-17/h4-6,9-10,18-21,25-28H,2-3,7-8,11-13H2,1H3,(H,22,23)/t18-,19-,20-,21-/m1/s1. The van der Waals surface area contributed by atoms with Crippen molar-refractivity contribution in [1.82, 2.24) is 10.2 Å². The summed E-state index contributed by atoms with van der Waals surface area (Å²) in [6.07, 6.45) is -1.89. The zero-order valence-corrected chi connectivity index (χ0v) is 17.1. The van der Waals surface area contributed by atoms with Crippen LogP contribution in [0.1, 0.15) is 24.1 Å². The van der Waals surface area contributed by atoms with E-state index in [0.717, 1.165) is 29.1 Å². The minimum atomic E-state index is -1.37. The Labute approximate surface area is 175 Å². The summed E-state index contributed by atoms with van der Waals surface area (Å²) in [5.74, 6) is 0.725. The average molecular weight is 421 g/mol. The lowest BCUT2D eigenvalue weighted by molar-refractivity contribution is -0.141. The Morgan fingerprint density at radius 2 is 2.07 bits per heavy atom. The fraction of sp³-hybridized carbons (Fsp3) is 0.571. The van der Waals surface area contributed by atoms with Gasteiger partial charge in [0.15, 0.2) is 0 Å². The Balaban J connectivity index is 1.89. The first-order chi connectivity index (χ1) is 14.5. The predicted molar refractivity (Wildman–Crippen MR) is 110 cm³/mol. The fourth-order valence-electron chi connectivity index (χ4n) is 3.48. The van der Waals surface area contributed by atoms with Crippen LogP contribution in [0.5, 0.6) is 5.75 Å². The number of anilines is 1. The summed E-state index contributed by atoms with van der Waals surface area (Å²) in [7, 11) is 0. The second kappa shape index (κ2) is 10.7. The summed E-state index contributed by atoms with van der Waals surface area (Å²) in [5, 5.41) is 47.9. The number of hydrogen-bond acceptors (Lipinski definition) is 8. The van der Waals surface area contributed by atoms with Gasteiger partial charge in [-0.15, -0.1) is 0 Å². The first-order valence-corrected chi connectivity index (χ1v) is 10.2. The molecule has 9 heteroatoms. The minimum Gasteiger partial charge on any atom is -0.494 e. The van der Waals surface area contributed by atoms with Gasteiger partial charge in [0.1, 0.15) is 24.1 Å². The molecule has 1 aliphatic heterocycles. The highest BCUT2D eigenvalue weighted by Crippen LogP contribution is 2.25. The van der Waals surface area contributed by atoms with Crippen molar-refractivity contribution in [1.29, 1.82) is 0 Å². The van der Waals surface area contributed by atoms with Gasteiger partial charge in [0.05, 0.1) is 25.5 Å². The van der Waals surface area contributed by atoms with E-state index in [0.29, 0.717) is 19.6 Å². The van der Waals surface area contributed by atoms with Gasteiger partial charge in [-0.05, 0) is 31.9 Å². The van der Waals surface area contributed by atoms with Crippen molar-refractivity contribution in [3.8, 4) is 5.75 Å². The average Bonchev–Trinajstić information content (AvgIpc) is 3.15. The van der Waals surface area contributed by atoms with Crippen molar-refractivity contribution in [3.05, 3.63) is 41.7 Å². The summed E-state index contributed by atoms with van der Waals surface area (Å²) in [6.45, 7) is 2.64. The van der Waals surface area contributed by atoms with Crippen LogP contribution in [0.3, 0.4) is 0 Å². The molecule has 0 radical (unpaired) electrons. The number of benzene rings is 1. The summed E-state index contributed by atoms with van der Waals surface area (Å²) in [6, 6.07) is 7.57. The summed E-state index contributed by atoms with van der Waals surface area (Å²) < 4.78 is 11.5. The quantitative estimate of drug-likeness (QED) is 0.478. The van der Waals surface area contributed by atoms with Crippen LogP contribution < -0.4 is 9.64 Å². The van der Waals surface area contributed by atoms with Crippen LogP contribution in [0.4, 0.5) is 5.69 Å². The second-order valence-electron chi connectivity index (χ2n) is 7.60. The highest BCUT2D eigenvalue weighted by atomic mass is 16.5. The molecule has 2 heterocycles. The first kappa shape index (κ1) is 22.5. The van der Waals surface area contributed by atoms with E-state index in [1.807, 2.05) is 36.1 Å². The maximum atomic E-state index is 10.8. The number of nitrogens with one attached hydrogen (secondary N) is 1. The van der Waals surface area contributed by atoms with Gasteiger partial charge in [-0.25, -0.2) is 0 Å². The molecule has 0 amide bonds. The van der Waals surface area contributed by atoms with Gasteiger partial charge in [0, 0.05) is 42.7 Å². The molecular weight excluding hydrogens is 390 g/mol. The number of aromatic amines is 1. The molecule has 1 aromatic heterocycles. The van der Waals surface area contributed by atoms with E-state index in [-0.39, 0.29) is 13.2 Å². The summed E-state index contributed by atoms with van der Waals surface area (Å²) in [4.78, 5) is 1.91. The molecule has 0 saturated carbocycles. The number of fused-ring (bicyclic) bond motifs is 2. The second-order valence-corrected chi connectivity index (χ2v) is 7.60. The van der Waals surface area contributed by atoms with Gasteiger partial charge in [0.2, 0.25) is 0 Å². The summed E-state index contributed by atoms with van der Waals surface area (Å²) >= 11 is 0. The van der Waals surface area contributed by atoms with E-state index >= 15 is 0 Å². The maximum Gasteiger partial charge on any atom is 0.121 e. The van der Waals surface area contributed by atoms with Gasteiger partial charge in [-0.2, -0.15) is 5.10 Å². The number of H-pyrrole nitrogens is 1. The molecule has 0 spiro atoms. The van der Waals surface area contributed by atoms with Crippen LogP contribution in [-0.4, -0.2) is 81.4 Å². The van der Waals surface area contributed by atoms with Crippen LogP contribution in [-0.2, 0) is 11.3 Å². The Bertz CT molecular complexity index is 786. The van der Waals surface area contributed by atoms with Gasteiger partial charge < -0.3 is 34.8 Å². The minimum absolute atomic E-state index is 0.0766. The fourth-order valence-corrected chi connectivity index (χ4v) is 3.48. The van der Waals surface area contributed by atoms with Crippen molar-refractivity contribution >= 4 is 5.69 Å². The van der Waals surface area contributed by atoms with Crippen molar-refractivity contribution in [2.24, 2.45) is 0 Å². The largest absolute Gasteiger partial charge is 0.494 e. The first-order valence-electron chi connectivity index (χ1n) is 10.2. The molecule has 4 atom stereocenters. The normalized spacial score (nSPS) is 24.7. The van der Waals surface area contributed by atoms with E-state index < -0.39 is 31.0 Å². The van der Waals surface area contributed by atoms with Crippen LogP contribution in [0.15, 0.2) is 30.5 Å². The zero-order chi connectivity index (χ0) is 21.5. The van der Waals surface area contributed by atoms with Crippen molar-refractivity contribution in [3.63, 3.8) is 0 Å². The SMILES string of the molecule is Cc1[nH]ncc1CN1C[C@@H](O)[C@@H](O)[C@@H]([C@H](O)CO)OCCCCOc2cccc1c2. The van der Waals surface area contributed by atoms with E-state index in [1.54, 1.807) is 6.20 Å². The predicted octanol–water partition coefficient (Wildman–Crippen LogP) is 0.358. The van der Waals surface area contributed by atoms with Gasteiger partial charge >= 0.3 is 0 Å². The number of rotatable bonds is 4. The topological polar surface area (TPSA) is 131 Å². The van der Waals surface area contributed by atoms with E-state index in [2.05, 4.69) is 10.2 Å². The van der Waals surface area contributed by atoms with Crippen molar-refractivity contribution in [2.45, 2.75) is 50.7 Å². The van der Waals surface area contributed by atoms with E-state index in [9.17, 15) is 20.4 Å². The molecule has 30 heavy (non-hydrogen) atoms. The Morgan fingerprint density at radius 1 is 1.27 bits per heavy atom. The maximum absolute atomic E-state index is 10.8. The number of hydrogen-bond donors (Lipinski definition) is 5. The Morgan fingerprint density at radius 3 is 2.80 bits per heavy atom. The van der Waals surface area contributed by atoms with Crippen LogP contribution in [0.25, 0.3) is 0 Å².